The molecule has 0 aromatic heterocycles. The first kappa shape index (κ1) is 12.3. The monoisotopic (exact) mass is 306 g/mol. The Balaban J connectivity index is 2.13. The summed E-state index contributed by atoms with van der Waals surface area (Å²) in [5.41, 5.74) is 0.843. The van der Waals surface area contributed by atoms with Gasteiger partial charge in [-0.1, -0.05) is 27.5 Å². The molecule has 1 aliphatic rings. The highest BCUT2D eigenvalue weighted by atomic mass is 79.9. The number of piperazine rings is 1. The fourth-order valence-corrected chi connectivity index (χ4v) is 2.48. The van der Waals surface area contributed by atoms with E-state index in [1.165, 1.54) is 6.07 Å². The van der Waals surface area contributed by atoms with Gasteiger partial charge in [0.2, 0.25) is 0 Å². The van der Waals surface area contributed by atoms with Gasteiger partial charge in [-0.15, -0.1) is 0 Å². The summed E-state index contributed by atoms with van der Waals surface area (Å²) >= 11 is 9.23. The minimum Gasteiger partial charge on any atom is -0.314 e. The Kier molecular flexibility index (Phi) is 4.19. The number of nitrogens with one attached hydrogen (secondary N) is 1. The molecule has 1 N–H and O–H groups in total. The maximum absolute atomic E-state index is 13.4. The van der Waals surface area contributed by atoms with Crippen LogP contribution in [0, 0.1) is 5.82 Å². The number of nitrogens with zero attached hydrogens (tertiary/aromatic N) is 1. The zero-order chi connectivity index (χ0) is 11.5. The van der Waals surface area contributed by atoms with Crippen molar-refractivity contribution in [1.82, 2.24) is 10.2 Å². The average molecular weight is 308 g/mol. The first-order chi connectivity index (χ1) is 7.66. The van der Waals surface area contributed by atoms with Gasteiger partial charge < -0.3 is 5.32 Å². The molecule has 1 heterocycles. The molecule has 88 valence electrons. The van der Waals surface area contributed by atoms with Gasteiger partial charge in [-0.25, -0.2) is 4.39 Å². The molecule has 1 saturated heterocycles. The zero-order valence-corrected chi connectivity index (χ0v) is 11.1. The van der Waals surface area contributed by atoms with E-state index in [2.05, 4.69) is 26.1 Å². The maximum Gasteiger partial charge on any atom is 0.143 e. The number of benzene rings is 1. The van der Waals surface area contributed by atoms with Crippen molar-refractivity contribution < 1.29 is 4.39 Å². The standard InChI is InChI=1S/C11H13BrClFN2/c12-9-5-8(11(13)10(14)6-9)7-16-3-1-15-2-4-16/h5-6,15H,1-4,7H2. The van der Waals surface area contributed by atoms with Gasteiger partial charge in [0.25, 0.3) is 0 Å². The predicted octanol–water partition coefficient (Wildman–Crippen LogP) is 2.65. The summed E-state index contributed by atoms with van der Waals surface area (Å²) in [4.78, 5) is 2.27. The van der Waals surface area contributed by atoms with Crippen LogP contribution in [0.15, 0.2) is 16.6 Å². The SMILES string of the molecule is Fc1cc(Br)cc(CN2CCNCC2)c1Cl. The molecule has 0 unspecified atom stereocenters. The van der Waals surface area contributed by atoms with Crippen molar-refractivity contribution in [3.05, 3.63) is 33.0 Å². The normalized spacial score (nSPS) is 17.7. The Bertz CT molecular complexity index is 380. The maximum atomic E-state index is 13.4. The van der Waals surface area contributed by atoms with E-state index in [1.54, 1.807) is 0 Å². The lowest BCUT2D eigenvalue weighted by Gasteiger charge is -2.27. The van der Waals surface area contributed by atoms with E-state index in [-0.39, 0.29) is 10.8 Å². The largest absolute Gasteiger partial charge is 0.314 e. The summed E-state index contributed by atoms with van der Waals surface area (Å²) < 4.78 is 14.1. The molecule has 0 aliphatic carbocycles. The van der Waals surface area contributed by atoms with Crippen LogP contribution in [0.2, 0.25) is 5.02 Å². The van der Waals surface area contributed by atoms with Gasteiger partial charge in [0.1, 0.15) is 5.82 Å². The topological polar surface area (TPSA) is 15.3 Å². The second kappa shape index (κ2) is 5.45. The molecule has 1 fully saturated rings. The molecule has 2 rings (SSSR count). The summed E-state index contributed by atoms with van der Waals surface area (Å²) in [6, 6.07) is 3.27. The van der Waals surface area contributed by atoms with E-state index in [9.17, 15) is 4.39 Å². The van der Waals surface area contributed by atoms with Gasteiger partial charge in [-0.2, -0.15) is 0 Å². The molecule has 16 heavy (non-hydrogen) atoms. The van der Waals surface area contributed by atoms with Crippen LogP contribution < -0.4 is 5.32 Å². The van der Waals surface area contributed by atoms with Crippen LogP contribution in [0.4, 0.5) is 4.39 Å². The van der Waals surface area contributed by atoms with Crippen molar-refractivity contribution in [2.75, 3.05) is 26.2 Å². The van der Waals surface area contributed by atoms with E-state index >= 15 is 0 Å². The molecule has 0 saturated carbocycles. The minimum atomic E-state index is -0.360. The Hall–Kier alpha value is -0.160. The van der Waals surface area contributed by atoms with Gasteiger partial charge >= 0.3 is 0 Å². The van der Waals surface area contributed by atoms with Crippen LogP contribution in [0.25, 0.3) is 0 Å². The third kappa shape index (κ3) is 2.94. The highest BCUT2D eigenvalue weighted by Gasteiger charge is 2.14. The van der Waals surface area contributed by atoms with Crippen molar-refractivity contribution in [2.24, 2.45) is 0 Å². The Morgan fingerprint density at radius 1 is 1.38 bits per heavy atom. The van der Waals surface area contributed by atoms with Gasteiger partial charge in [-0.05, 0) is 17.7 Å². The highest BCUT2D eigenvalue weighted by Crippen LogP contribution is 2.26. The van der Waals surface area contributed by atoms with Crippen molar-refractivity contribution in [1.29, 1.82) is 0 Å². The van der Waals surface area contributed by atoms with E-state index < -0.39 is 0 Å². The Morgan fingerprint density at radius 3 is 2.75 bits per heavy atom. The summed E-state index contributed by atoms with van der Waals surface area (Å²) in [7, 11) is 0. The van der Waals surface area contributed by atoms with Crippen LogP contribution in [0.5, 0.6) is 0 Å². The molecular weight excluding hydrogens is 294 g/mol. The van der Waals surface area contributed by atoms with Crippen LogP contribution in [0.3, 0.4) is 0 Å². The van der Waals surface area contributed by atoms with Crippen LogP contribution in [-0.2, 0) is 6.54 Å². The number of rotatable bonds is 2. The second-order valence-electron chi connectivity index (χ2n) is 3.89. The smallest absolute Gasteiger partial charge is 0.143 e. The summed E-state index contributed by atoms with van der Waals surface area (Å²) in [5.74, 6) is -0.360. The lowest BCUT2D eigenvalue weighted by atomic mass is 10.2. The molecule has 1 aliphatic heterocycles. The van der Waals surface area contributed by atoms with Gasteiger partial charge in [-0.3, -0.25) is 4.90 Å². The first-order valence-corrected chi connectivity index (χ1v) is 6.40. The lowest BCUT2D eigenvalue weighted by Crippen LogP contribution is -2.42. The van der Waals surface area contributed by atoms with Gasteiger partial charge in [0.05, 0.1) is 5.02 Å². The van der Waals surface area contributed by atoms with Crippen molar-refractivity contribution >= 4 is 27.5 Å². The quantitative estimate of drug-likeness (QED) is 0.845. The second-order valence-corrected chi connectivity index (χ2v) is 5.18. The van der Waals surface area contributed by atoms with Crippen molar-refractivity contribution in [3.63, 3.8) is 0 Å². The zero-order valence-electron chi connectivity index (χ0n) is 8.77. The van der Waals surface area contributed by atoms with Crippen LogP contribution in [-0.4, -0.2) is 31.1 Å². The third-order valence-electron chi connectivity index (χ3n) is 2.67. The first-order valence-electron chi connectivity index (χ1n) is 5.23. The van der Waals surface area contributed by atoms with Crippen molar-refractivity contribution in [2.45, 2.75) is 6.54 Å². The van der Waals surface area contributed by atoms with E-state index in [0.717, 1.165) is 36.2 Å². The lowest BCUT2D eigenvalue weighted by molar-refractivity contribution is 0.233. The minimum absolute atomic E-state index is 0.238. The van der Waals surface area contributed by atoms with E-state index in [0.29, 0.717) is 6.54 Å². The van der Waals surface area contributed by atoms with E-state index in [1.807, 2.05) is 6.07 Å². The fourth-order valence-electron chi connectivity index (χ4n) is 1.83. The molecule has 1 aromatic rings. The molecule has 0 spiro atoms. The predicted molar refractivity (Wildman–Crippen MR) is 67.3 cm³/mol. The van der Waals surface area contributed by atoms with Gasteiger partial charge in [0.15, 0.2) is 0 Å². The molecule has 5 heteroatoms. The Labute approximate surface area is 108 Å². The molecule has 0 bridgehead atoms. The molecule has 1 aromatic carbocycles. The Morgan fingerprint density at radius 2 is 2.06 bits per heavy atom. The number of hydrogen-bond donors (Lipinski definition) is 1. The number of hydrogen-bond acceptors (Lipinski definition) is 2. The molecule has 0 radical (unpaired) electrons. The summed E-state index contributed by atoms with van der Waals surface area (Å²) in [5, 5.41) is 3.52. The molecule has 0 amide bonds. The highest BCUT2D eigenvalue weighted by molar-refractivity contribution is 9.10. The summed E-state index contributed by atoms with van der Waals surface area (Å²) in [6.07, 6.45) is 0. The van der Waals surface area contributed by atoms with Gasteiger partial charge in [0, 0.05) is 37.2 Å². The average Bonchev–Trinajstić information content (AvgIpc) is 2.27. The summed E-state index contributed by atoms with van der Waals surface area (Å²) in [6.45, 7) is 4.62. The van der Waals surface area contributed by atoms with E-state index in [4.69, 9.17) is 11.6 Å². The number of halogens is 3. The molecule has 0 atom stereocenters. The van der Waals surface area contributed by atoms with Crippen LogP contribution >= 0.6 is 27.5 Å². The van der Waals surface area contributed by atoms with Crippen LogP contribution in [0.1, 0.15) is 5.56 Å². The fraction of sp³-hybridized carbons (Fsp3) is 0.455. The molecular formula is C11H13BrClFN2. The molecule has 2 nitrogen and oxygen atoms in total. The van der Waals surface area contributed by atoms with Crippen molar-refractivity contribution in [3.8, 4) is 0 Å². The third-order valence-corrected chi connectivity index (χ3v) is 3.55.